The highest BCUT2D eigenvalue weighted by Gasteiger charge is 2.39. The SMILES string of the molecule is CCOC(c1nc(C(F)(F)F)c(CN)s1)C1CCCCC1. The van der Waals surface area contributed by atoms with Crippen molar-refractivity contribution in [2.24, 2.45) is 11.7 Å². The van der Waals surface area contributed by atoms with Gasteiger partial charge in [0.05, 0.1) is 4.88 Å². The van der Waals surface area contributed by atoms with Crippen LogP contribution in [0.4, 0.5) is 13.2 Å². The summed E-state index contributed by atoms with van der Waals surface area (Å²) in [5.41, 5.74) is 4.60. The topological polar surface area (TPSA) is 48.1 Å². The van der Waals surface area contributed by atoms with Crippen molar-refractivity contribution in [3.8, 4) is 0 Å². The second-order valence-corrected chi connectivity index (χ2v) is 6.42. The van der Waals surface area contributed by atoms with Gasteiger partial charge in [-0.15, -0.1) is 11.3 Å². The molecule has 1 saturated carbocycles. The summed E-state index contributed by atoms with van der Waals surface area (Å²) in [4.78, 5) is 3.93. The van der Waals surface area contributed by atoms with Gasteiger partial charge in [-0.3, -0.25) is 0 Å². The third-order valence-electron chi connectivity index (χ3n) is 3.84. The van der Waals surface area contributed by atoms with Crippen molar-refractivity contribution >= 4 is 11.3 Å². The first-order valence-corrected chi connectivity index (χ1v) is 8.17. The average Bonchev–Trinajstić information content (AvgIpc) is 2.90. The molecule has 1 aliphatic carbocycles. The molecule has 0 aliphatic heterocycles. The van der Waals surface area contributed by atoms with Crippen LogP contribution in [0.5, 0.6) is 0 Å². The van der Waals surface area contributed by atoms with Crippen molar-refractivity contribution in [1.82, 2.24) is 4.98 Å². The van der Waals surface area contributed by atoms with E-state index in [9.17, 15) is 13.2 Å². The molecule has 21 heavy (non-hydrogen) atoms. The molecular formula is C14H21F3N2OS. The van der Waals surface area contributed by atoms with Gasteiger partial charge in [-0.25, -0.2) is 4.98 Å². The van der Waals surface area contributed by atoms with Crippen LogP contribution >= 0.6 is 11.3 Å². The lowest BCUT2D eigenvalue weighted by Gasteiger charge is -2.28. The van der Waals surface area contributed by atoms with Gasteiger partial charge >= 0.3 is 6.18 Å². The maximum Gasteiger partial charge on any atom is 0.434 e. The number of hydrogen-bond donors (Lipinski definition) is 1. The monoisotopic (exact) mass is 322 g/mol. The van der Waals surface area contributed by atoms with E-state index in [2.05, 4.69) is 4.98 Å². The Balaban J connectivity index is 2.29. The lowest BCUT2D eigenvalue weighted by atomic mass is 9.85. The molecular weight excluding hydrogens is 301 g/mol. The zero-order valence-corrected chi connectivity index (χ0v) is 12.9. The molecule has 7 heteroatoms. The van der Waals surface area contributed by atoms with E-state index in [-0.39, 0.29) is 23.4 Å². The highest BCUT2D eigenvalue weighted by Crippen LogP contribution is 2.41. The fourth-order valence-electron chi connectivity index (χ4n) is 2.88. The van der Waals surface area contributed by atoms with Crippen LogP contribution in [0, 0.1) is 5.92 Å². The van der Waals surface area contributed by atoms with Crippen molar-refractivity contribution in [2.75, 3.05) is 6.61 Å². The zero-order valence-electron chi connectivity index (χ0n) is 12.1. The van der Waals surface area contributed by atoms with Crippen molar-refractivity contribution in [3.05, 3.63) is 15.6 Å². The molecule has 120 valence electrons. The molecule has 0 saturated heterocycles. The summed E-state index contributed by atoms with van der Waals surface area (Å²) in [5, 5.41) is 0.427. The van der Waals surface area contributed by atoms with Gasteiger partial charge in [-0.05, 0) is 25.7 Å². The molecule has 1 aliphatic rings. The highest BCUT2D eigenvalue weighted by molar-refractivity contribution is 7.11. The summed E-state index contributed by atoms with van der Waals surface area (Å²) >= 11 is 1.05. The van der Waals surface area contributed by atoms with Gasteiger partial charge in [-0.1, -0.05) is 19.3 Å². The maximum atomic E-state index is 13.0. The average molecular weight is 322 g/mol. The van der Waals surface area contributed by atoms with Gasteiger partial charge in [0.25, 0.3) is 0 Å². The van der Waals surface area contributed by atoms with Gasteiger partial charge in [0.15, 0.2) is 5.69 Å². The first-order chi connectivity index (χ1) is 9.97. The summed E-state index contributed by atoms with van der Waals surface area (Å²) in [7, 11) is 0. The normalized spacial score (nSPS) is 18.9. The molecule has 0 aromatic carbocycles. The van der Waals surface area contributed by atoms with Gasteiger partial charge in [0.2, 0.25) is 0 Å². The number of thiazole rings is 1. The number of hydrogen-bond acceptors (Lipinski definition) is 4. The smallest absolute Gasteiger partial charge is 0.371 e. The number of alkyl halides is 3. The number of nitrogens with two attached hydrogens (primary N) is 1. The summed E-state index contributed by atoms with van der Waals surface area (Å²) in [6.45, 7) is 2.19. The summed E-state index contributed by atoms with van der Waals surface area (Å²) in [6, 6.07) is 0. The molecule has 0 radical (unpaired) electrons. The lowest BCUT2D eigenvalue weighted by molar-refractivity contribution is -0.141. The Morgan fingerprint density at radius 2 is 2.00 bits per heavy atom. The minimum atomic E-state index is -4.45. The molecule has 0 spiro atoms. The second kappa shape index (κ2) is 7.07. The van der Waals surface area contributed by atoms with Crippen LogP contribution in [0.2, 0.25) is 0 Å². The standard InChI is InChI=1S/C14H21F3N2OS/c1-2-20-11(9-6-4-3-5-7-9)13-19-12(14(15,16)17)10(8-18)21-13/h9,11H,2-8,18H2,1H3. The van der Waals surface area contributed by atoms with E-state index in [1.165, 1.54) is 6.42 Å². The predicted molar refractivity (Wildman–Crippen MR) is 75.9 cm³/mol. The molecule has 0 amide bonds. The fourth-order valence-corrected chi connectivity index (χ4v) is 3.98. The van der Waals surface area contributed by atoms with Crippen molar-refractivity contribution in [1.29, 1.82) is 0 Å². The van der Waals surface area contributed by atoms with Crippen LogP contribution in [0.3, 0.4) is 0 Å². The van der Waals surface area contributed by atoms with Gasteiger partial charge in [0.1, 0.15) is 11.1 Å². The lowest BCUT2D eigenvalue weighted by Crippen LogP contribution is -2.19. The van der Waals surface area contributed by atoms with Crippen LogP contribution in [0.1, 0.15) is 60.7 Å². The molecule has 3 nitrogen and oxygen atoms in total. The molecule has 1 fully saturated rings. The molecule has 1 unspecified atom stereocenters. The first kappa shape index (κ1) is 16.7. The van der Waals surface area contributed by atoms with E-state index < -0.39 is 11.9 Å². The van der Waals surface area contributed by atoms with E-state index in [0.29, 0.717) is 11.6 Å². The van der Waals surface area contributed by atoms with Crippen molar-refractivity contribution in [3.63, 3.8) is 0 Å². The third kappa shape index (κ3) is 3.96. The van der Waals surface area contributed by atoms with Crippen LogP contribution in [-0.2, 0) is 17.5 Å². The van der Waals surface area contributed by atoms with E-state index >= 15 is 0 Å². The Morgan fingerprint density at radius 3 is 2.48 bits per heavy atom. The van der Waals surface area contributed by atoms with Gasteiger partial charge < -0.3 is 10.5 Å². The number of rotatable bonds is 5. The Bertz CT molecular complexity index is 456. The van der Waals surface area contributed by atoms with Crippen molar-refractivity contribution < 1.29 is 17.9 Å². The Hall–Kier alpha value is -0.660. The largest absolute Gasteiger partial charge is 0.434 e. The van der Waals surface area contributed by atoms with Crippen LogP contribution in [0.25, 0.3) is 0 Å². The molecule has 1 heterocycles. The number of halogens is 3. The van der Waals surface area contributed by atoms with Crippen molar-refractivity contribution in [2.45, 2.75) is 57.9 Å². The fraction of sp³-hybridized carbons (Fsp3) is 0.786. The molecule has 2 N–H and O–H groups in total. The second-order valence-electron chi connectivity index (χ2n) is 5.30. The van der Waals surface area contributed by atoms with Gasteiger partial charge in [0, 0.05) is 13.2 Å². The molecule has 1 aromatic rings. The molecule has 2 rings (SSSR count). The van der Waals surface area contributed by atoms with Crippen LogP contribution in [-0.4, -0.2) is 11.6 Å². The summed E-state index contributed by atoms with van der Waals surface area (Å²) in [5.74, 6) is 0.261. The number of aromatic nitrogens is 1. The Labute approximate surface area is 126 Å². The van der Waals surface area contributed by atoms with E-state index in [4.69, 9.17) is 10.5 Å². The number of nitrogens with zero attached hydrogens (tertiary/aromatic N) is 1. The first-order valence-electron chi connectivity index (χ1n) is 7.35. The zero-order chi connectivity index (χ0) is 15.5. The molecule has 1 aromatic heterocycles. The van der Waals surface area contributed by atoms with E-state index in [0.717, 1.165) is 37.0 Å². The highest BCUT2D eigenvalue weighted by atomic mass is 32.1. The van der Waals surface area contributed by atoms with E-state index in [1.54, 1.807) is 0 Å². The minimum Gasteiger partial charge on any atom is -0.371 e. The summed E-state index contributed by atoms with van der Waals surface area (Å²) in [6.07, 6.45) is 0.599. The number of ether oxygens (including phenoxy) is 1. The maximum absolute atomic E-state index is 13.0. The Kier molecular flexibility index (Phi) is 5.62. The minimum absolute atomic E-state index is 0.0954. The quantitative estimate of drug-likeness (QED) is 0.880. The van der Waals surface area contributed by atoms with Crippen LogP contribution < -0.4 is 5.73 Å². The molecule has 1 atom stereocenters. The van der Waals surface area contributed by atoms with Crippen LogP contribution in [0.15, 0.2) is 0 Å². The summed E-state index contributed by atoms with van der Waals surface area (Å²) < 4.78 is 44.7. The molecule has 0 bridgehead atoms. The van der Waals surface area contributed by atoms with E-state index in [1.807, 2.05) is 6.92 Å². The van der Waals surface area contributed by atoms with Gasteiger partial charge in [-0.2, -0.15) is 13.2 Å². The Morgan fingerprint density at radius 1 is 1.33 bits per heavy atom. The third-order valence-corrected chi connectivity index (χ3v) is 4.97. The predicted octanol–water partition coefficient (Wildman–Crippen LogP) is 4.28.